The smallest absolute Gasteiger partial charge is 0.319 e. The van der Waals surface area contributed by atoms with E-state index in [0.29, 0.717) is 23.5 Å². The Morgan fingerprint density at radius 1 is 1.07 bits per heavy atom. The summed E-state index contributed by atoms with van der Waals surface area (Å²) in [5.74, 6) is 0.373. The van der Waals surface area contributed by atoms with Crippen LogP contribution in [0.15, 0.2) is 67.3 Å². The Balaban J connectivity index is 1.13. The molecule has 2 aromatic carbocycles. The highest BCUT2D eigenvalue weighted by Crippen LogP contribution is 2.31. The van der Waals surface area contributed by atoms with E-state index < -0.39 is 0 Å². The number of carbonyl (C=O) groups excluding carboxylic acids is 1. The van der Waals surface area contributed by atoms with Crippen molar-refractivity contribution >= 4 is 28.7 Å². The molecule has 10 heteroatoms. The minimum Gasteiger partial charge on any atom is -0.382 e. The van der Waals surface area contributed by atoms with E-state index in [1.54, 1.807) is 6.33 Å². The molecule has 2 unspecified atom stereocenters. The van der Waals surface area contributed by atoms with Crippen molar-refractivity contribution in [2.45, 2.75) is 64.3 Å². The quantitative estimate of drug-likeness (QED) is 0.232. The lowest BCUT2D eigenvalue weighted by Gasteiger charge is -2.26. The molecule has 4 aromatic rings. The summed E-state index contributed by atoms with van der Waals surface area (Å²) in [6.07, 6.45) is 5.76. The molecule has 41 heavy (non-hydrogen) atoms. The Labute approximate surface area is 241 Å². The Hall–Kier alpha value is -4.02. The van der Waals surface area contributed by atoms with Crippen molar-refractivity contribution in [1.82, 2.24) is 29.7 Å². The molecule has 1 aliphatic rings. The van der Waals surface area contributed by atoms with Crippen molar-refractivity contribution in [2.75, 3.05) is 30.7 Å². The van der Waals surface area contributed by atoms with Crippen LogP contribution >= 0.6 is 0 Å². The van der Waals surface area contributed by atoms with E-state index in [4.69, 9.17) is 10.5 Å². The summed E-state index contributed by atoms with van der Waals surface area (Å²) in [5.41, 5.74) is 10.6. The number of imidazole rings is 1. The molecule has 1 saturated heterocycles. The molecular formula is C31H40N8O2. The minimum atomic E-state index is -0.193. The van der Waals surface area contributed by atoms with Gasteiger partial charge in [-0.25, -0.2) is 19.7 Å². The van der Waals surface area contributed by atoms with Crippen LogP contribution in [0.5, 0.6) is 0 Å². The van der Waals surface area contributed by atoms with Gasteiger partial charge < -0.3 is 21.1 Å². The highest BCUT2D eigenvalue weighted by Gasteiger charge is 2.29. The molecule has 0 saturated carbocycles. The fourth-order valence-corrected chi connectivity index (χ4v) is 5.20. The third-order valence-corrected chi connectivity index (χ3v) is 7.44. The van der Waals surface area contributed by atoms with E-state index in [1.165, 1.54) is 17.5 Å². The molecule has 1 fully saturated rings. The van der Waals surface area contributed by atoms with Gasteiger partial charge in [-0.15, -0.1) is 0 Å². The average molecular weight is 557 g/mol. The van der Waals surface area contributed by atoms with Crippen LogP contribution in [-0.2, 0) is 16.7 Å². The van der Waals surface area contributed by atoms with Gasteiger partial charge in [-0.2, -0.15) is 0 Å². The number of amides is 2. The number of urea groups is 1. The first-order valence-electron chi connectivity index (χ1n) is 14.3. The monoisotopic (exact) mass is 556 g/mol. The highest BCUT2D eigenvalue weighted by molar-refractivity contribution is 5.89. The largest absolute Gasteiger partial charge is 0.382 e. The van der Waals surface area contributed by atoms with Crippen molar-refractivity contribution in [2.24, 2.45) is 0 Å². The summed E-state index contributed by atoms with van der Waals surface area (Å²) in [5, 5.41) is 5.93. The van der Waals surface area contributed by atoms with Gasteiger partial charge in [0.2, 0.25) is 0 Å². The minimum absolute atomic E-state index is 0.0766. The first-order chi connectivity index (χ1) is 19.8. The van der Waals surface area contributed by atoms with Gasteiger partial charge in [-0.1, -0.05) is 63.2 Å². The molecule has 0 spiro atoms. The normalized spacial score (nSPS) is 17.3. The van der Waals surface area contributed by atoms with E-state index in [-0.39, 0.29) is 23.8 Å². The van der Waals surface area contributed by atoms with Crippen molar-refractivity contribution in [3.05, 3.63) is 78.4 Å². The average Bonchev–Trinajstić information content (AvgIpc) is 3.59. The van der Waals surface area contributed by atoms with Gasteiger partial charge >= 0.3 is 6.03 Å². The molecule has 2 atom stereocenters. The topological polar surface area (TPSA) is 123 Å². The zero-order chi connectivity index (χ0) is 28.8. The highest BCUT2D eigenvalue weighted by atomic mass is 16.5. The summed E-state index contributed by atoms with van der Waals surface area (Å²) in [6, 6.07) is 18.3. The van der Waals surface area contributed by atoms with Gasteiger partial charge in [0.15, 0.2) is 11.5 Å². The molecule has 3 heterocycles. The lowest BCUT2D eigenvalue weighted by molar-refractivity contribution is -0.0128. The van der Waals surface area contributed by atoms with Gasteiger partial charge in [0.25, 0.3) is 0 Å². The number of nitrogens with zero attached hydrogens (tertiary/aromatic N) is 5. The first kappa shape index (κ1) is 28.5. The maximum Gasteiger partial charge on any atom is 0.319 e. The molecule has 0 radical (unpaired) electrons. The summed E-state index contributed by atoms with van der Waals surface area (Å²) in [6.45, 7) is 9.54. The van der Waals surface area contributed by atoms with Crippen molar-refractivity contribution < 1.29 is 9.53 Å². The third-order valence-electron chi connectivity index (χ3n) is 7.44. The predicted octanol–water partition coefficient (Wildman–Crippen LogP) is 5.10. The zero-order valence-corrected chi connectivity index (χ0v) is 24.1. The van der Waals surface area contributed by atoms with Gasteiger partial charge in [0.05, 0.1) is 12.4 Å². The number of benzene rings is 2. The molecule has 0 bridgehead atoms. The number of nitrogens with two attached hydrogens (primary N) is 1. The molecule has 0 aliphatic carbocycles. The standard InChI is InChI=1S/C31H40N8O2/c1-31(2,3)23-10-12-24(13-11-23)37-30(40)33-16-7-17-38(18-22-8-5-4-6-9-22)19-25-14-15-26(41-25)39-21-36-27-28(32)34-20-35-29(27)39/h4-6,8-13,20-21,25-26H,7,14-19H2,1-3H3,(H2,32,34,35)(H2,33,37,40). The van der Waals surface area contributed by atoms with Gasteiger partial charge in [0, 0.05) is 31.9 Å². The maximum atomic E-state index is 12.5. The lowest BCUT2D eigenvalue weighted by atomic mass is 9.87. The molecule has 2 aromatic heterocycles. The van der Waals surface area contributed by atoms with Crippen LogP contribution in [0.2, 0.25) is 0 Å². The molecule has 1 aliphatic heterocycles. The van der Waals surface area contributed by atoms with Crippen molar-refractivity contribution in [1.29, 1.82) is 0 Å². The number of fused-ring (bicyclic) bond motifs is 1. The SMILES string of the molecule is CC(C)(C)c1ccc(NC(=O)NCCCN(Cc2ccccc2)CC2CCC(n3cnc4c(N)ncnc43)O2)cc1. The number of rotatable bonds is 10. The fraction of sp³-hybridized carbons (Fsp3) is 0.419. The summed E-state index contributed by atoms with van der Waals surface area (Å²) in [7, 11) is 0. The molecule has 10 nitrogen and oxygen atoms in total. The molecular weight excluding hydrogens is 516 g/mol. The summed E-state index contributed by atoms with van der Waals surface area (Å²) >= 11 is 0. The molecule has 4 N–H and O–H groups in total. The van der Waals surface area contributed by atoms with Gasteiger partial charge in [-0.3, -0.25) is 9.47 Å². The maximum absolute atomic E-state index is 12.5. The second-order valence-electron chi connectivity index (χ2n) is 11.7. The molecule has 5 rings (SSSR count). The van der Waals surface area contributed by atoms with Gasteiger partial charge in [0.1, 0.15) is 18.1 Å². The first-order valence-corrected chi connectivity index (χ1v) is 14.3. The second-order valence-corrected chi connectivity index (χ2v) is 11.7. The summed E-state index contributed by atoms with van der Waals surface area (Å²) in [4.78, 5) is 27.7. The number of anilines is 2. The molecule has 2 amide bonds. The van der Waals surface area contributed by atoms with E-state index in [1.807, 2.05) is 22.8 Å². The van der Waals surface area contributed by atoms with Crippen molar-refractivity contribution in [3.63, 3.8) is 0 Å². The number of hydrogen-bond donors (Lipinski definition) is 3. The Bertz CT molecular complexity index is 1430. The number of ether oxygens (including phenoxy) is 1. The fourth-order valence-electron chi connectivity index (χ4n) is 5.20. The van der Waals surface area contributed by atoms with Crippen LogP contribution in [0.4, 0.5) is 16.3 Å². The van der Waals surface area contributed by atoms with Crippen LogP contribution in [0.25, 0.3) is 11.2 Å². The Kier molecular flexibility index (Phi) is 8.80. The number of carbonyl (C=O) groups is 1. The van der Waals surface area contributed by atoms with Crippen LogP contribution in [0.3, 0.4) is 0 Å². The van der Waals surface area contributed by atoms with E-state index in [2.05, 4.69) is 87.7 Å². The Morgan fingerprint density at radius 2 is 1.85 bits per heavy atom. The zero-order valence-electron chi connectivity index (χ0n) is 24.1. The van der Waals surface area contributed by atoms with Crippen LogP contribution in [0.1, 0.15) is 57.4 Å². The Morgan fingerprint density at radius 3 is 2.61 bits per heavy atom. The van der Waals surface area contributed by atoms with E-state index >= 15 is 0 Å². The third kappa shape index (κ3) is 7.39. The summed E-state index contributed by atoms with van der Waals surface area (Å²) < 4.78 is 8.42. The number of aromatic nitrogens is 4. The second kappa shape index (κ2) is 12.7. The number of nitrogen functional groups attached to an aromatic ring is 1. The van der Waals surface area contributed by atoms with Crippen molar-refractivity contribution in [3.8, 4) is 0 Å². The predicted molar refractivity (Wildman–Crippen MR) is 161 cm³/mol. The lowest BCUT2D eigenvalue weighted by Crippen LogP contribution is -2.35. The van der Waals surface area contributed by atoms with E-state index in [9.17, 15) is 4.79 Å². The number of nitrogens with one attached hydrogen (secondary N) is 2. The number of hydrogen-bond acceptors (Lipinski definition) is 7. The van der Waals surface area contributed by atoms with Crippen LogP contribution in [0, 0.1) is 0 Å². The van der Waals surface area contributed by atoms with E-state index in [0.717, 1.165) is 44.6 Å². The van der Waals surface area contributed by atoms with Crippen LogP contribution in [-0.4, -0.2) is 56.2 Å². The van der Waals surface area contributed by atoms with Crippen LogP contribution < -0.4 is 16.4 Å². The van der Waals surface area contributed by atoms with Gasteiger partial charge in [-0.05, 0) is 47.9 Å². The molecule has 216 valence electrons.